The number of aryl methyl sites for hydroxylation is 3. The van der Waals surface area contributed by atoms with Gasteiger partial charge in [0.25, 0.3) is 5.91 Å². The lowest BCUT2D eigenvalue weighted by Crippen LogP contribution is -2.49. The van der Waals surface area contributed by atoms with Crippen LogP contribution < -0.4 is 4.90 Å². The summed E-state index contributed by atoms with van der Waals surface area (Å²) in [4.78, 5) is 17.7. The Hall–Kier alpha value is -3.08. The van der Waals surface area contributed by atoms with E-state index in [1.54, 1.807) is 4.68 Å². The highest BCUT2D eigenvalue weighted by atomic mass is 16.2. The summed E-state index contributed by atoms with van der Waals surface area (Å²) in [6.45, 7) is 9.30. The van der Waals surface area contributed by atoms with Crippen LogP contribution in [0.25, 0.3) is 5.69 Å². The van der Waals surface area contributed by atoms with Gasteiger partial charge in [-0.25, -0.2) is 4.68 Å². The van der Waals surface area contributed by atoms with Gasteiger partial charge in [0, 0.05) is 31.9 Å². The molecule has 0 bridgehead atoms. The largest absolute Gasteiger partial charge is 0.368 e. The topological polar surface area (TPSA) is 41.4 Å². The number of aromatic nitrogens is 2. The standard InChI is InChI=1S/C24H28N4O/c1-4-20-9-5-6-11-22(20)26-12-14-27(15-13-26)24(29)23-17-19(3)25-28(23)21-10-7-8-18(2)16-21/h5-11,16-17H,4,12-15H2,1-3H3. The van der Waals surface area contributed by atoms with Crippen molar-refractivity contribution >= 4 is 11.6 Å². The Morgan fingerprint density at radius 2 is 1.72 bits per heavy atom. The molecule has 0 saturated carbocycles. The molecule has 2 heterocycles. The highest BCUT2D eigenvalue weighted by molar-refractivity contribution is 5.93. The van der Waals surface area contributed by atoms with Gasteiger partial charge in [0.2, 0.25) is 0 Å². The van der Waals surface area contributed by atoms with E-state index in [-0.39, 0.29) is 5.91 Å². The molecule has 5 heteroatoms. The number of hydrogen-bond acceptors (Lipinski definition) is 3. The summed E-state index contributed by atoms with van der Waals surface area (Å²) in [5.74, 6) is 0.0514. The van der Waals surface area contributed by atoms with Crippen molar-refractivity contribution in [3.05, 3.63) is 77.1 Å². The van der Waals surface area contributed by atoms with E-state index in [4.69, 9.17) is 0 Å². The molecule has 0 aliphatic carbocycles. The van der Waals surface area contributed by atoms with Crippen LogP contribution in [-0.4, -0.2) is 46.8 Å². The Bertz CT molecular complexity index is 1020. The Morgan fingerprint density at radius 1 is 0.966 bits per heavy atom. The molecule has 1 aromatic heterocycles. The Labute approximate surface area is 172 Å². The van der Waals surface area contributed by atoms with E-state index in [9.17, 15) is 4.79 Å². The van der Waals surface area contributed by atoms with Crippen molar-refractivity contribution in [2.75, 3.05) is 31.1 Å². The fraction of sp³-hybridized carbons (Fsp3) is 0.333. The van der Waals surface area contributed by atoms with Crippen LogP contribution in [0.5, 0.6) is 0 Å². The average Bonchev–Trinajstić information content (AvgIpc) is 3.15. The molecule has 0 spiro atoms. The number of carbonyl (C=O) groups is 1. The molecule has 0 unspecified atom stereocenters. The lowest BCUT2D eigenvalue weighted by atomic mass is 10.1. The van der Waals surface area contributed by atoms with Crippen molar-refractivity contribution in [1.29, 1.82) is 0 Å². The first kappa shape index (κ1) is 19.2. The Morgan fingerprint density at radius 3 is 2.45 bits per heavy atom. The lowest BCUT2D eigenvalue weighted by molar-refractivity contribution is 0.0737. The van der Waals surface area contributed by atoms with Crippen molar-refractivity contribution in [1.82, 2.24) is 14.7 Å². The van der Waals surface area contributed by atoms with E-state index in [0.717, 1.165) is 49.5 Å². The van der Waals surface area contributed by atoms with Crippen LogP contribution in [0.1, 0.15) is 34.2 Å². The number of benzene rings is 2. The minimum Gasteiger partial charge on any atom is -0.368 e. The van der Waals surface area contributed by atoms with Gasteiger partial charge in [-0.3, -0.25) is 4.79 Å². The van der Waals surface area contributed by atoms with E-state index < -0.39 is 0 Å². The maximum absolute atomic E-state index is 13.3. The second kappa shape index (κ2) is 8.11. The fourth-order valence-electron chi connectivity index (χ4n) is 4.04. The molecule has 1 aliphatic heterocycles. The predicted octanol–water partition coefficient (Wildman–Crippen LogP) is 4.01. The maximum Gasteiger partial charge on any atom is 0.272 e. The van der Waals surface area contributed by atoms with Crippen molar-refractivity contribution in [2.45, 2.75) is 27.2 Å². The molecule has 0 radical (unpaired) electrons. The van der Waals surface area contributed by atoms with Crippen molar-refractivity contribution in [3.8, 4) is 5.69 Å². The number of piperazine rings is 1. The van der Waals surface area contributed by atoms with Gasteiger partial charge < -0.3 is 9.80 Å². The lowest BCUT2D eigenvalue weighted by Gasteiger charge is -2.37. The first-order valence-electron chi connectivity index (χ1n) is 10.3. The van der Waals surface area contributed by atoms with Crippen molar-refractivity contribution in [2.24, 2.45) is 0 Å². The molecule has 1 aliphatic rings. The molecular formula is C24H28N4O. The fourth-order valence-corrected chi connectivity index (χ4v) is 4.04. The normalized spacial score (nSPS) is 14.3. The number of carbonyl (C=O) groups excluding carboxylic acids is 1. The SMILES string of the molecule is CCc1ccccc1N1CCN(C(=O)c2cc(C)nn2-c2cccc(C)c2)CC1. The van der Waals surface area contributed by atoms with E-state index in [0.29, 0.717) is 5.69 Å². The summed E-state index contributed by atoms with van der Waals surface area (Å²) < 4.78 is 1.78. The molecule has 29 heavy (non-hydrogen) atoms. The zero-order valence-corrected chi connectivity index (χ0v) is 17.4. The van der Waals surface area contributed by atoms with Gasteiger partial charge in [-0.2, -0.15) is 5.10 Å². The summed E-state index contributed by atoms with van der Waals surface area (Å²) in [6, 6.07) is 18.6. The van der Waals surface area contributed by atoms with Gasteiger partial charge in [0.05, 0.1) is 11.4 Å². The van der Waals surface area contributed by atoms with Crippen molar-refractivity contribution in [3.63, 3.8) is 0 Å². The number of amides is 1. The van der Waals surface area contributed by atoms with Gasteiger partial charge in [-0.15, -0.1) is 0 Å². The van der Waals surface area contributed by atoms with Gasteiger partial charge >= 0.3 is 0 Å². The Kier molecular flexibility index (Phi) is 5.38. The third-order valence-corrected chi connectivity index (χ3v) is 5.58. The first-order valence-corrected chi connectivity index (χ1v) is 10.3. The summed E-state index contributed by atoms with van der Waals surface area (Å²) in [7, 11) is 0. The highest BCUT2D eigenvalue weighted by Gasteiger charge is 2.26. The van der Waals surface area contributed by atoms with E-state index >= 15 is 0 Å². The van der Waals surface area contributed by atoms with Gasteiger partial charge in [0.1, 0.15) is 5.69 Å². The first-order chi connectivity index (χ1) is 14.1. The molecule has 1 saturated heterocycles. The van der Waals surface area contributed by atoms with Gasteiger partial charge in [0.15, 0.2) is 0 Å². The van der Waals surface area contributed by atoms with Crippen molar-refractivity contribution < 1.29 is 4.79 Å². The monoisotopic (exact) mass is 388 g/mol. The van der Waals surface area contributed by atoms with Crippen LogP contribution in [0, 0.1) is 13.8 Å². The van der Waals surface area contributed by atoms with E-state index in [2.05, 4.69) is 60.2 Å². The number of anilines is 1. The zero-order valence-electron chi connectivity index (χ0n) is 17.4. The summed E-state index contributed by atoms with van der Waals surface area (Å²) in [6.07, 6.45) is 1.02. The molecule has 5 nitrogen and oxygen atoms in total. The van der Waals surface area contributed by atoms with Crippen LogP contribution >= 0.6 is 0 Å². The maximum atomic E-state index is 13.3. The van der Waals surface area contributed by atoms with Crippen LogP contribution in [-0.2, 0) is 6.42 Å². The quantitative estimate of drug-likeness (QED) is 0.678. The van der Waals surface area contributed by atoms with Crippen LogP contribution in [0.15, 0.2) is 54.6 Å². The zero-order chi connectivity index (χ0) is 20.4. The van der Waals surface area contributed by atoms with Gasteiger partial charge in [-0.1, -0.05) is 37.3 Å². The molecule has 0 atom stereocenters. The predicted molar refractivity (Wildman–Crippen MR) is 117 cm³/mol. The molecule has 0 N–H and O–H groups in total. The second-order valence-electron chi connectivity index (χ2n) is 7.68. The van der Waals surface area contributed by atoms with Gasteiger partial charge in [-0.05, 0) is 55.7 Å². The third kappa shape index (κ3) is 3.90. The molecule has 4 rings (SSSR count). The third-order valence-electron chi connectivity index (χ3n) is 5.58. The molecule has 2 aromatic carbocycles. The Balaban J connectivity index is 1.52. The summed E-state index contributed by atoms with van der Waals surface area (Å²) in [5.41, 5.74) is 6.22. The van der Waals surface area contributed by atoms with Crippen LogP contribution in [0.2, 0.25) is 0 Å². The number of hydrogen-bond donors (Lipinski definition) is 0. The number of rotatable bonds is 4. The van der Waals surface area contributed by atoms with Crippen LogP contribution in [0.4, 0.5) is 5.69 Å². The number of nitrogens with zero attached hydrogens (tertiary/aromatic N) is 4. The smallest absolute Gasteiger partial charge is 0.272 e. The minimum absolute atomic E-state index is 0.0514. The molecule has 3 aromatic rings. The van der Waals surface area contributed by atoms with Crippen LogP contribution in [0.3, 0.4) is 0 Å². The summed E-state index contributed by atoms with van der Waals surface area (Å²) >= 11 is 0. The molecule has 150 valence electrons. The van der Waals surface area contributed by atoms with E-state index in [1.165, 1.54) is 11.3 Å². The van der Waals surface area contributed by atoms with E-state index in [1.807, 2.05) is 30.0 Å². The molecule has 1 amide bonds. The second-order valence-corrected chi connectivity index (χ2v) is 7.68. The highest BCUT2D eigenvalue weighted by Crippen LogP contribution is 2.23. The number of para-hydroxylation sites is 1. The average molecular weight is 389 g/mol. The molecule has 1 fully saturated rings. The molecular weight excluding hydrogens is 360 g/mol. The minimum atomic E-state index is 0.0514. The summed E-state index contributed by atoms with van der Waals surface area (Å²) in [5, 5.41) is 4.58.